The van der Waals surface area contributed by atoms with Crippen molar-refractivity contribution in [3.05, 3.63) is 76.9 Å². The molecule has 0 saturated carbocycles. The van der Waals surface area contributed by atoms with Gasteiger partial charge in [0.15, 0.2) is 0 Å². The number of nitrogens with one attached hydrogen (secondary N) is 3. The zero-order chi connectivity index (χ0) is 29.8. The monoisotopic (exact) mass is 577 g/mol. The Morgan fingerprint density at radius 1 is 0.977 bits per heavy atom. The second-order valence-electron chi connectivity index (χ2n) is 13.1. The van der Waals surface area contributed by atoms with Crippen LogP contribution < -0.4 is 16.0 Å². The van der Waals surface area contributed by atoms with Crippen LogP contribution in [0.2, 0.25) is 0 Å². The molecule has 0 aromatic heterocycles. The molecule has 3 aliphatic rings. The summed E-state index contributed by atoms with van der Waals surface area (Å²) in [5, 5.41) is 12.4. The van der Waals surface area contributed by atoms with Crippen molar-refractivity contribution in [2.45, 2.75) is 51.6 Å². The summed E-state index contributed by atoms with van der Waals surface area (Å²) in [6.07, 6.45) is 4.99. The van der Waals surface area contributed by atoms with Gasteiger partial charge in [0.05, 0.1) is 12.1 Å². The molecular formula is C37H47N5O. The van der Waals surface area contributed by atoms with Gasteiger partial charge in [-0.3, -0.25) is 4.79 Å². The largest absolute Gasteiger partial charge is 0.380 e. The lowest BCUT2D eigenvalue weighted by molar-refractivity contribution is 0.0939. The van der Waals surface area contributed by atoms with Crippen molar-refractivity contribution < 1.29 is 4.79 Å². The highest BCUT2D eigenvalue weighted by atomic mass is 16.1. The Balaban J connectivity index is 1.10. The molecule has 3 saturated heterocycles. The number of amides is 1. The lowest BCUT2D eigenvalue weighted by atomic mass is 9.92. The van der Waals surface area contributed by atoms with E-state index in [1.807, 2.05) is 19.1 Å². The lowest BCUT2D eigenvalue weighted by Gasteiger charge is -2.35. The van der Waals surface area contributed by atoms with Crippen LogP contribution in [0.25, 0.3) is 10.8 Å². The van der Waals surface area contributed by atoms with Gasteiger partial charge in [-0.05, 0) is 119 Å². The van der Waals surface area contributed by atoms with Crippen LogP contribution in [0.5, 0.6) is 0 Å². The number of hydrogen-bond acceptors (Lipinski definition) is 5. The molecule has 1 atom stereocenters. The average molecular weight is 578 g/mol. The third-order valence-corrected chi connectivity index (χ3v) is 9.76. The summed E-state index contributed by atoms with van der Waals surface area (Å²) >= 11 is 0. The number of rotatable bonds is 7. The molecule has 1 amide bonds. The minimum Gasteiger partial charge on any atom is -0.380 e. The van der Waals surface area contributed by atoms with E-state index in [4.69, 9.17) is 0 Å². The Morgan fingerprint density at radius 3 is 2.44 bits per heavy atom. The SMILES string of the molecule is Cc1ccc(NC2CNC2)cc1C(=O)NC(C)c1ccc(C#CC2CCN(CC3CCN(C)CC3)CC2)c2ccccc12. The van der Waals surface area contributed by atoms with E-state index in [0.29, 0.717) is 17.5 Å². The first-order chi connectivity index (χ1) is 20.9. The van der Waals surface area contributed by atoms with E-state index >= 15 is 0 Å². The minimum absolute atomic E-state index is 0.0458. The number of carbonyl (C=O) groups is 1. The third-order valence-electron chi connectivity index (χ3n) is 9.76. The highest BCUT2D eigenvalue weighted by Gasteiger charge is 2.23. The van der Waals surface area contributed by atoms with E-state index in [9.17, 15) is 4.79 Å². The molecule has 6 heteroatoms. The van der Waals surface area contributed by atoms with Crippen LogP contribution in [0, 0.1) is 30.6 Å². The van der Waals surface area contributed by atoms with Gasteiger partial charge in [0.2, 0.25) is 0 Å². The summed E-state index contributed by atoms with van der Waals surface area (Å²) in [6, 6.07) is 19.1. The van der Waals surface area contributed by atoms with E-state index in [0.717, 1.165) is 65.0 Å². The number of carbonyl (C=O) groups excluding carboxylic acids is 1. The molecule has 3 heterocycles. The second-order valence-corrected chi connectivity index (χ2v) is 13.1. The molecule has 3 aromatic carbocycles. The molecule has 6 rings (SSSR count). The van der Waals surface area contributed by atoms with Crippen LogP contribution in [-0.4, -0.2) is 74.6 Å². The number of likely N-dealkylation sites (tertiary alicyclic amines) is 2. The molecule has 3 aromatic rings. The van der Waals surface area contributed by atoms with Gasteiger partial charge in [0.25, 0.3) is 5.91 Å². The van der Waals surface area contributed by atoms with Crippen LogP contribution in [0.15, 0.2) is 54.6 Å². The topological polar surface area (TPSA) is 59.6 Å². The number of anilines is 1. The molecule has 0 spiro atoms. The van der Waals surface area contributed by atoms with E-state index in [-0.39, 0.29) is 11.9 Å². The number of nitrogens with zero attached hydrogens (tertiary/aromatic N) is 2. The average Bonchev–Trinajstić information content (AvgIpc) is 3.00. The number of aryl methyl sites for hydroxylation is 1. The van der Waals surface area contributed by atoms with Gasteiger partial charge in [0, 0.05) is 42.4 Å². The molecule has 0 aliphatic carbocycles. The molecule has 3 N–H and O–H groups in total. The summed E-state index contributed by atoms with van der Waals surface area (Å²) < 4.78 is 0. The van der Waals surface area contributed by atoms with Crippen molar-refractivity contribution in [1.82, 2.24) is 20.4 Å². The zero-order valence-corrected chi connectivity index (χ0v) is 26.1. The molecule has 3 aliphatic heterocycles. The maximum Gasteiger partial charge on any atom is 0.252 e. The standard InChI is InChI=1S/C37H47N5O/c1-26-8-12-31(40-32-23-38-24-32)22-36(26)37(43)39-27(2)33-13-11-30(34-6-4-5-7-35(33)34)10-9-28-16-20-42(21-17-28)25-29-14-18-41(3)19-15-29/h4-8,11-13,22,27-29,32,38,40H,14-21,23-25H2,1-3H3,(H,39,43). The Bertz CT molecular complexity index is 1490. The number of hydrogen-bond donors (Lipinski definition) is 3. The van der Waals surface area contributed by atoms with Crippen molar-refractivity contribution >= 4 is 22.4 Å². The van der Waals surface area contributed by atoms with Crippen LogP contribution in [0.3, 0.4) is 0 Å². The molecule has 6 nitrogen and oxygen atoms in total. The molecule has 3 fully saturated rings. The summed E-state index contributed by atoms with van der Waals surface area (Å²) in [4.78, 5) is 18.6. The van der Waals surface area contributed by atoms with E-state index in [1.54, 1.807) is 0 Å². The predicted octanol–water partition coefficient (Wildman–Crippen LogP) is 5.43. The fourth-order valence-corrected chi connectivity index (χ4v) is 6.79. The van der Waals surface area contributed by atoms with Gasteiger partial charge in [0.1, 0.15) is 0 Å². The normalized spacial score (nSPS) is 19.8. The van der Waals surface area contributed by atoms with E-state index in [1.165, 1.54) is 45.6 Å². The Labute approximate surface area is 257 Å². The van der Waals surface area contributed by atoms with Gasteiger partial charge in [-0.1, -0.05) is 48.2 Å². The maximum absolute atomic E-state index is 13.4. The van der Waals surface area contributed by atoms with Crippen molar-refractivity contribution in [3.8, 4) is 11.8 Å². The third kappa shape index (κ3) is 7.24. The van der Waals surface area contributed by atoms with Crippen molar-refractivity contribution in [2.24, 2.45) is 11.8 Å². The zero-order valence-electron chi connectivity index (χ0n) is 26.1. The first-order valence-corrected chi connectivity index (χ1v) is 16.3. The molecule has 1 unspecified atom stereocenters. The molecule has 0 bridgehead atoms. The van der Waals surface area contributed by atoms with Gasteiger partial charge in [-0.25, -0.2) is 0 Å². The van der Waals surface area contributed by atoms with E-state index < -0.39 is 0 Å². The van der Waals surface area contributed by atoms with Crippen LogP contribution in [0.4, 0.5) is 5.69 Å². The van der Waals surface area contributed by atoms with Crippen LogP contribution in [-0.2, 0) is 0 Å². The summed E-state index contributed by atoms with van der Waals surface area (Å²) in [7, 11) is 2.24. The van der Waals surface area contributed by atoms with Gasteiger partial charge >= 0.3 is 0 Å². The highest BCUT2D eigenvalue weighted by Crippen LogP contribution is 2.28. The predicted molar refractivity (Wildman–Crippen MR) is 178 cm³/mol. The summed E-state index contributed by atoms with van der Waals surface area (Å²) in [5.41, 5.74) is 4.88. The number of benzene rings is 3. The number of piperidine rings is 2. The fourth-order valence-electron chi connectivity index (χ4n) is 6.79. The van der Waals surface area contributed by atoms with E-state index in [2.05, 4.69) is 94.0 Å². The number of fused-ring (bicyclic) bond motifs is 1. The highest BCUT2D eigenvalue weighted by molar-refractivity contribution is 5.97. The maximum atomic E-state index is 13.4. The summed E-state index contributed by atoms with van der Waals surface area (Å²) in [6.45, 7) is 12.1. The molecule has 43 heavy (non-hydrogen) atoms. The molecular weight excluding hydrogens is 530 g/mol. The Kier molecular flexibility index (Phi) is 9.33. The summed E-state index contributed by atoms with van der Waals surface area (Å²) in [5.74, 6) is 8.46. The molecule has 0 radical (unpaired) electrons. The quantitative estimate of drug-likeness (QED) is 0.327. The first-order valence-electron chi connectivity index (χ1n) is 16.3. The van der Waals surface area contributed by atoms with Crippen LogP contribution >= 0.6 is 0 Å². The Morgan fingerprint density at radius 2 is 1.72 bits per heavy atom. The minimum atomic E-state index is -0.139. The van der Waals surface area contributed by atoms with Gasteiger partial charge in [-0.15, -0.1) is 0 Å². The van der Waals surface area contributed by atoms with Crippen molar-refractivity contribution in [1.29, 1.82) is 0 Å². The Hall–Kier alpha value is -3.37. The fraction of sp³-hybridized carbons (Fsp3) is 0.486. The van der Waals surface area contributed by atoms with Crippen molar-refractivity contribution in [3.63, 3.8) is 0 Å². The van der Waals surface area contributed by atoms with Gasteiger partial charge in [-0.2, -0.15) is 0 Å². The smallest absolute Gasteiger partial charge is 0.252 e. The van der Waals surface area contributed by atoms with Gasteiger partial charge < -0.3 is 25.8 Å². The van der Waals surface area contributed by atoms with Crippen LogP contribution in [0.1, 0.15) is 65.7 Å². The second kappa shape index (κ2) is 13.5. The molecule has 226 valence electrons. The lowest BCUT2D eigenvalue weighted by Crippen LogP contribution is -2.51. The van der Waals surface area contributed by atoms with Crippen molar-refractivity contribution in [2.75, 3.05) is 58.2 Å². The first kappa shape index (κ1) is 29.7.